The van der Waals surface area contributed by atoms with E-state index < -0.39 is 0 Å². The molecule has 1 aliphatic carbocycles. The average Bonchev–Trinajstić information content (AvgIpc) is 2.82. The number of carbonyl (C=O) groups excluding carboxylic acids is 3. The van der Waals surface area contributed by atoms with Gasteiger partial charge in [0, 0.05) is 30.8 Å². The van der Waals surface area contributed by atoms with Crippen LogP contribution in [0.5, 0.6) is 0 Å². The van der Waals surface area contributed by atoms with Crippen LogP contribution in [0.2, 0.25) is 5.02 Å². The number of nitrogens with zero attached hydrogens (tertiary/aromatic N) is 1. The first-order valence-electron chi connectivity index (χ1n) is 8.42. The van der Waals surface area contributed by atoms with Crippen molar-refractivity contribution in [2.75, 3.05) is 6.54 Å². The zero-order chi connectivity index (χ0) is 17.1. The van der Waals surface area contributed by atoms with Crippen molar-refractivity contribution in [1.29, 1.82) is 0 Å². The number of nitrogens with one attached hydrogen (secondary N) is 1. The second-order valence-corrected chi connectivity index (χ2v) is 6.91. The predicted molar refractivity (Wildman–Crippen MR) is 90.2 cm³/mol. The van der Waals surface area contributed by atoms with Gasteiger partial charge in [0.2, 0.25) is 17.7 Å². The molecule has 1 N–H and O–H groups in total. The topological polar surface area (TPSA) is 66.5 Å². The predicted octanol–water partition coefficient (Wildman–Crippen LogP) is 2.84. The third-order valence-corrected chi connectivity index (χ3v) is 5.14. The quantitative estimate of drug-likeness (QED) is 0.804. The summed E-state index contributed by atoms with van der Waals surface area (Å²) in [7, 11) is 0. The highest BCUT2D eigenvalue weighted by atomic mass is 35.5. The summed E-state index contributed by atoms with van der Waals surface area (Å²) in [6.07, 6.45) is 4.04. The molecule has 1 aliphatic heterocycles. The lowest BCUT2D eigenvalue weighted by atomic mass is 9.77. The number of hydrogen-bond donors (Lipinski definition) is 1. The van der Waals surface area contributed by atoms with Crippen molar-refractivity contribution in [2.24, 2.45) is 5.92 Å². The van der Waals surface area contributed by atoms with E-state index >= 15 is 0 Å². The maximum Gasteiger partial charge on any atom is 0.229 e. The Balaban J connectivity index is 1.60. The number of imide groups is 1. The van der Waals surface area contributed by atoms with Crippen LogP contribution in [0.4, 0.5) is 0 Å². The molecule has 3 rings (SSSR count). The highest BCUT2D eigenvalue weighted by Crippen LogP contribution is 2.38. The molecule has 3 amide bonds. The molecular weight excluding hydrogens is 328 g/mol. The maximum atomic E-state index is 12.3. The van der Waals surface area contributed by atoms with Crippen LogP contribution in [0, 0.1) is 5.92 Å². The van der Waals surface area contributed by atoms with Crippen LogP contribution in [-0.4, -0.2) is 29.2 Å². The van der Waals surface area contributed by atoms with Gasteiger partial charge in [0.15, 0.2) is 0 Å². The Kier molecular flexibility index (Phi) is 5.19. The van der Waals surface area contributed by atoms with E-state index in [-0.39, 0.29) is 49.6 Å². The SMILES string of the molecule is O=C(CCN1C(=O)CCC1=O)N[C@H](c1ccc(Cl)cc1)C1CCC1. The number of halogens is 1. The van der Waals surface area contributed by atoms with Crippen LogP contribution in [0.25, 0.3) is 0 Å². The van der Waals surface area contributed by atoms with Crippen LogP contribution in [0.15, 0.2) is 24.3 Å². The van der Waals surface area contributed by atoms with Crippen molar-refractivity contribution in [3.8, 4) is 0 Å². The van der Waals surface area contributed by atoms with E-state index in [0.29, 0.717) is 10.9 Å². The molecule has 1 atom stereocenters. The smallest absolute Gasteiger partial charge is 0.229 e. The number of likely N-dealkylation sites (tertiary alicyclic amines) is 1. The lowest BCUT2D eigenvalue weighted by Crippen LogP contribution is -2.38. The van der Waals surface area contributed by atoms with E-state index in [9.17, 15) is 14.4 Å². The Morgan fingerprint density at radius 2 is 1.79 bits per heavy atom. The molecule has 1 heterocycles. The Morgan fingerprint density at radius 1 is 1.17 bits per heavy atom. The maximum absolute atomic E-state index is 12.3. The summed E-state index contributed by atoms with van der Waals surface area (Å²) in [5, 5.41) is 3.75. The van der Waals surface area contributed by atoms with Gasteiger partial charge in [-0.3, -0.25) is 19.3 Å². The first-order valence-corrected chi connectivity index (χ1v) is 8.80. The molecule has 0 aromatic heterocycles. The summed E-state index contributed by atoms with van der Waals surface area (Å²) in [6.45, 7) is 0.168. The van der Waals surface area contributed by atoms with Crippen LogP contribution < -0.4 is 5.32 Å². The monoisotopic (exact) mass is 348 g/mol. The Morgan fingerprint density at radius 3 is 2.33 bits per heavy atom. The van der Waals surface area contributed by atoms with E-state index in [0.717, 1.165) is 18.4 Å². The van der Waals surface area contributed by atoms with Gasteiger partial charge in [0.1, 0.15) is 0 Å². The molecule has 0 unspecified atom stereocenters. The molecule has 2 aliphatic rings. The minimum absolute atomic E-state index is 0.0338. The van der Waals surface area contributed by atoms with Crippen molar-refractivity contribution in [2.45, 2.75) is 44.6 Å². The summed E-state index contributed by atoms with van der Waals surface area (Å²) in [4.78, 5) is 36.7. The molecule has 0 bridgehead atoms. The zero-order valence-corrected chi connectivity index (χ0v) is 14.2. The molecule has 5 nitrogen and oxygen atoms in total. The first-order chi connectivity index (χ1) is 11.5. The molecule has 128 valence electrons. The van der Waals surface area contributed by atoms with E-state index in [1.807, 2.05) is 24.3 Å². The fraction of sp³-hybridized carbons (Fsp3) is 0.500. The van der Waals surface area contributed by atoms with Crippen LogP contribution >= 0.6 is 11.6 Å². The summed E-state index contributed by atoms with van der Waals surface area (Å²) < 4.78 is 0. The van der Waals surface area contributed by atoms with Gasteiger partial charge in [-0.05, 0) is 36.5 Å². The Hall–Kier alpha value is -1.88. The summed E-state index contributed by atoms with van der Waals surface area (Å²) in [6, 6.07) is 7.51. The second-order valence-electron chi connectivity index (χ2n) is 6.48. The summed E-state index contributed by atoms with van der Waals surface area (Å²) in [5.41, 5.74) is 1.05. The van der Waals surface area contributed by atoms with Crippen LogP contribution in [0.1, 0.15) is 50.1 Å². The van der Waals surface area contributed by atoms with Gasteiger partial charge in [0.05, 0.1) is 6.04 Å². The molecule has 1 aromatic rings. The third-order valence-electron chi connectivity index (χ3n) is 4.88. The molecule has 1 saturated carbocycles. The highest BCUT2D eigenvalue weighted by molar-refractivity contribution is 6.30. The number of rotatable bonds is 6. The van der Waals surface area contributed by atoms with E-state index in [1.165, 1.54) is 11.3 Å². The molecular formula is C18H21ClN2O3. The third kappa shape index (κ3) is 3.78. The van der Waals surface area contributed by atoms with Gasteiger partial charge in [-0.2, -0.15) is 0 Å². The minimum atomic E-state index is -0.180. The van der Waals surface area contributed by atoms with Gasteiger partial charge in [-0.1, -0.05) is 30.2 Å². The molecule has 0 spiro atoms. The number of hydrogen-bond acceptors (Lipinski definition) is 3. The van der Waals surface area contributed by atoms with Gasteiger partial charge < -0.3 is 5.32 Å². The van der Waals surface area contributed by atoms with Crippen molar-refractivity contribution in [3.63, 3.8) is 0 Å². The van der Waals surface area contributed by atoms with Crippen molar-refractivity contribution < 1.29 is 14.4 Å². The van der Waals surface area contributed by atoms with Gasteiger partial charge in [0.25, 0.3) is 0 Å². The highest BCUT2D eigenvalue weighted by Gasteiger charge is 2.31. The van der Waals surface area contributed by atoms with E-state index in [4.69, 9.17) is 11.6 Å². The van der Waals surface area contributed by atoms with Gasteiger partial charge >= 0.3 is 0 Å². The minimum Gasteiger partial charge on any atom is -0.349 e. The summed E-state index contributed by atoms with van der Waals surface area (Å²) in [5.74, 6) is -0.0541. The molecule has 24 heavy (non-hydrogen) atoms. The molecule has 2 fully saturated rings. The Bertz CT molecular complexity index is 624. The fourth-order valence-corrected chi connectivity index (χ4v) is 3.37. The van der Waals surface area contributed by atoms with Crippen molar-refractivity contribution in [3.05, 3.63) is 34.9 Å². The van der Waals surface area contributed by atoms with E-state index in [1.54, 1.807) is 0 Å². The number of benzene rings is 1. The normalized spacial score (nSPS) is 19.3. The number of amides is 3. The fourth-order valence-electron chi connectivity index (χ4n) is 3.25. The van der Waals surface area contributed by atoms with Crippen molar-refractivity contribution >= 4 is 29.3 Å². The van der Waals surface area contributed by atoms with Crippen LogP contribution in [0.3, 0.4) is 0 Å². The standard InChI is InChI=1S/C18H21ClN2O3/c19-14-6-4-13(5-7-14)18(12-2-1-3-12)20-15(22)10-11-21-16(23)8-9-17(21)24/h4-7,12,18H,1-3,8-11H2,(H,20,22)/t18-/m0/s1. The molecule has 1 aromatic carbocycles. The van der Waals surface area contributed by atoms with E-state index in [2.05, 4.69) is 5.32 Å². The lowest BCUT2D eigenvalue weighted by Gasteiger charge is -2.34. The van der Waals surface area contributed by atoms with Gasteiger partial charge in [-0.25, -0.2) is 0 Å². The largest absolute Gasteiger partial charge is 0.349 e. The molecule has 0 radical (unpaired) electrons. The second kappa shape index (κ2) is 7.34. The summed E-state index contributed by atoms with van der Waals surface area (Å²) >= 11 is 5.94. The Labute approximate surface area is 146 Å². The zero-order valence-electron chi connectivity index (χ0n) is 13.5. The average molecular weight is 349 g/mol. The lowest BCUT2D eigenvalue weighted by molar-refractivity contribution is -0.138. The van der Waals surface area contributed by atoms with Crippen molar-refractivity contribution in [1.82, 2.24) is 10.2 Å². The molecule has 1 saturated heterocycles. The first kappa shape index (κ1) is 17.0. The number of carbonyl (C=O) groups is 3. The van der Waals surface area contributed by atoms with Gasteiger partial charge in [-0.15, -0.1) is 0 Å². The van der Waals surface area contributed by atoms with Crippen LogP contribution in [-0.2, 0) is 14.4 Å². The molecule has 6 heteroatoms.